The van der Waals surface area contributed by atoms with Crippen molar-refractivity contribution in [3.05, 3.63) is 36.4 Å². The predicted molar refractivity (Wildman–Crippen MR) is 97.6 cm³/mol. The first-order valence-electron chi connectivity index (χ1n) is 8.93. The molecule has 4 rings (SSSR count). The van der Waals surface area contributed by atoms with Gasteiger partial charge in [-0.1, -0.05) is 6.07 Å². The topological polar surface area (TPSA) is 91.7 Å². The number of aromatic nitrogens is 7. The summed E-state index contributed by atoms with van der Waals surface area (Å²) in [6.07, 6.45) is 6.06. The molecule has 0 amide bonds. The molecule has 0 atom stereocenters. The van der Waals surface area contributed by atoms with Crippen LogP contribution in [0.3, 0.4) is 0 Å². The molecule has 9 heteroatoms. The molecule has 4 heterocycles. The van der Waals surface area contributed by atoms with Crippen LogP contribution in [-0.2, 0) is 13.5 Å². The average Bonchev–Trinajstić information content (AvgIpc) is 3.35. The van der Waals surface area contributed by atoms with E-state index in [1.807, 2.05) is 30.7 Å². The molecule has 0 saturated carbocycles. The normalized spacial score (nSPS) is 15.5. The minimum atomic E-state index is 0.528. The van der Waals surface area contributed by atoms with Crippen molar-refractivity contribution < 1.29 is 0 Å². The van der Waals surface area contributed by atoms with Gasteiger partial charge in [0.1, 0.15) is 11.5 Å². The molecule has 0 radical (unpaired) electrons. The lowest BCUT2D eigenvalue weighted by Gasteiger charge is -2.35. The standard InChI is InChI=1S/C17H23N9/c1-24-13-18-12-14(24)4-3-7-25-8-10-26(11-9-25)16-6-2-5-15(19-16)17-20-22-23-21-17/h2,5-6,12-13H,3-4,7-11H2,1H3,(H,20,21,22,23). The summed E-state index contributed by atoms with van der Waals surface area (Å²) in [6, 6.07) is 5.94. The Kier molecular flexibility index (Phi) is 4.87. The average molecular weight is 353 g/mol. The van der Waals surface area contributed by atoms with Crippen molar-refractivity contribution in [3.8, 4) is 11.5 Å². The van der Waals surface area contributed by atoms with Gasteiger partial charge in [0.05, 0.1) is 6.33 Å². The van der Waals surface area contributed by atoms with Crippen LogP contribution in [-0.4, -0.2) is 72.8 Å². The maximum absolute atomic E-state index is 4.68. The summed E-state index contributed by atoms with van der Waals surface area (Å²) in [4.78, 5) is 13.7. The number of nitrogens with zero attached hydrogens (tertiary/aromatic N) is 8. The molecule has 0 spiro atoms. The zero-order valence-corrected chi connectivity index (χ0v) is 14.9. The van der Waals surface area contributed by atoms with E-state index in [1.165, 1.54) is 5.69 Å². The molecule has 3 aromatic rings. The highest BCUT2D eigenvalue weighted by Crippen LogP contribution is 2.18. The van der Waals surface area contributed by atoms with Crippen LogP contribution in [0.2, 0.25) is 0 Å². The molecule has 1 aliphatic heterocycles. The van der Waals surface area contributed by atoms with Crippen molar-refractivity contribution >= 4 is 5.82 Å². The van der Waals surface area contributed by atoms with Gasteiger partial charge in [-0.3, -0.25) is 4.90 Å². The Labute approximate surface area is 152 Å². The van der Waals surface area contributed by atoms with Gasteiger partial charge >= 0.3 is 0 Å². The summed E-state index contributed by atoms with van der Waals surface area (Å²) in [5.41, 5.74) is 2.04. The van der Waals surface area contributed by atoms with Crippen LogP contribution in [0.15, 0.2) is 30.7 Å². The van der Waals surface area contributed by atoms with Gasteiger partial charge in [0.2, 0.25) is 5.82 Å². The van der Waals surface area contributed by atoms with Crippen molar-refractivity contribution in [1.82, 2.24) is 40.1 Å². The van der Waals surface area contributed by atoms with Gasteiger partial charge in [-0.15, -0.1) is 10.2 Å². The van der Waals surface area contributed by atoms with Crippen LogP contribution >= 0.6 is 0 Å². The fourth-order valence-corrected chi connectivity index (χ4v) is 3.30. The van der Waals surface area contributed by atoms with Crippen molar-refractivity contribution in [2.75, 3.05) is 37.6 Å². The Balaban J connectivity index is 1.28. The van der Waals surface area contributed by atoms with Crippen LogP contribution in [0.4, 0.5) is 5.82 Å². The van der Waals surface area contributed by atoms with E-state index in [0.717, 1.165) is 57.1 Å². The molecule has 136 valence electrons. The fourth-order valence-electron chi connectivity index (χ4n) is 3.30. The number of hydrogen-bond donors (Lipinski definition) is 1. The fraction of sp³-hybridized carbons (Fsp3) is 0.471. The van der Waals surface area contributed by atoms with E-state index in [0.29, 0.717) is 5.82 Å². The quantitative estimate of drug-likeness (QED) is 0.699. The van der Waals surface area contributed by atoms with Crippen LogP contribution in [0.25, 0.3) is 11.5 Å². The van der Waals surface area contributed by atoms with Gasteiger partial charge in [0.15, 0.2) is 0 Å². The zero-order valence-electron chi connectivity index (χ0n) is 14.9. The van der Waals surface area contributed by atoms with Gasteiger partial charge in [-0.25, -0.2) is 9.97 Å². The highest BCUT2D eigenvalue weighted by atomic mass is 15.5. The number of anilines is 1. The van der Waals surface area contributed by atoms with Gasteiger partial charge in [0, 0.05) is 45.1 Å². The number of nitrogens with one attached hydrogen (secondary N) is 1. The summed E-state index contributed by atoms with van der Waals surface area (Å²) in [6.45, 7) is 5.19. The van der Waals surface area contributed by atoms with Crippen molar-refractivity contribution in [2.24, 2.45) is 7.05 Å². The molecule has 1 aliphatic rings. The number of tetrazole rings is 1. The zero-order chi connectivity index (χ0) is 17.8. The second-order valence-electron chi connectivity index (χ2n) is 6.54. The van der Waals surface area contributed by atoms with Crippen LogP contribution in [0.1, 0.15) is 12.1 Å². The number of rotatable bonds is 6. The first-order chi connectivity index (χ1) is 12.8. The summed E-state index contributed by atoms with van der Waals surface area (Å²) in [7, 11) is 2.05. The molecule has 26 heavy (non-hydrogen) atoms. The van der Waals surface area contributed by atoms with E-state index < -0.39 is 0 Å². The molecule has 1 saturated heterocycles. The Bertz CT molecular complexity index is 818. The molecule has 0 aliphatic carbocycles. The summed E-state index contributed by atoms with van der Waals surface area (Å²) < 4.78 is 2.10. The molecule has 0 unspecified atom stereocenters. The smallest absolute Gasteiger partial charge is 0.223 e. The van der Waals surface area contributed by atoms with E-state index in [-0.39, 0.29) is 0 Å². The van der Waals surface area contributed by atoms with Gasteiger partial charge in [-0.05, 0) is 36.7 Å². The highest BCUT2D eigenvalue weighted by molar-refractivity contribution is 5.53. The van der Waals surface area contributed by atoms with E-state index >= 15 is 0 Å². The van der Waals surface area contributed by atoms with Crippen molar-refractivity contribution in [3.63, 3.8) is 0 Å². The molecular formula is C17H23N9. The number of hydrogen-bond acceptors (Lipinski definition) is 7. The summed E-state index contributed by atoms with van der Waals surface area (Å²) >= 11 is 0. The Morgan fingerprint density at radius 2 is 2.04 bits per heavy atom. The lowest BCUT2D eigenvalue weighted by molar-refractivity contribution is 0.254. The van der Waals surface area contributed by atoms with Gasteiger partial charge in [0.25, 0.3) is 0 Å². The number of H-pyrrole nitrogens is 1. The first-order valence-corrected chi connectivity index (χ1v) is 8.93. The third-order valence-corrected chi connectivity index (χ3v) is 4.83. The van der Waals surface area contributed by atoms with E-state index in [2.05, 4.69) is 52.0 Å². The first kappa shape index (κ1) is 16.6. The Hall–Kier alpha value is -2.81. The molecule has 1 N–H and O–H groups in total. The number of aryl methyl sites for hydroxylation is 2. The van der Waals surface area contributed by atoms with Gasteiger partial charge in [-0.2, -0.15) is 5.21 Å². The second kappa shape index (κ2) is 7.61. The molecule has 3 aromatic heterocycles. The third-order valence-electron chi connectivity index (χ3n) is 4.83. The largest absolute Gasteiger partial charge is 0.354 e. The third kappa shape index (κ3) is 3.72. The molecule has 0 aromatic carbocycles. The van der Waals surface area contributed by atoms with Crippen LogP contribution < -0.4 is 4.90 Å². The minimum absolute atomic E-state index is 0.528. The Morgan fingerprint density at radius 1 is 1.15 bits per heavy atom. The second-order valence-corrected chi connectivity index (χ2v) is 6.54. The lowest BCUT2D eigenvalue weighted by atomic mass is 10.2. The summed E-state index contributed by atoms with van der Waals surface area (Å²) in [5.74, 6) is 1.50. The van der Waals surface area contributed by atoms with Crippen LogP contribution in [0, 0.1) is 0 Å². The monoisotopic (exact) mass is 353 g/mol. The summed E-state index contributed by atoms with van der Waals surface area (Å²) in [5, 5.41) is 14.1. The molecular weight excluding hydrogens is 330 g/mol. The number of aromatic amines is 1. The van der Waals surface area contributed by atoms with E-state index in [1.54, 1.807) is 0 Å². The number of imidazole rings is 1. The van der Waals surface area contributed by atoms with Crippen LogP contribution in [0.5, 0.6) is 0 Å². The highest BCUT2D eigenvalue weighted by Gasteiger charge is 2.18. The predicted octanol–water partition coefficient (Wildman–Crippen LogP) is 0.750. The van der Waals surface area contributed by atoms with Gasteiger partial charge < -0.3 is 9.47 Å². The molecule has 9 nitrogen and oxygen atoms in total. The minimum Gasteiger partial charge on any atom is -0.354 e. The lowest BCUT2D eigenvalue weighted by Crippen LogP contribution is -2.47. The SMILES string of the molecule is Cn1cncc1CCCN1CCN(c2cccc(-c3nn[nH]n3)n2)CC1. The maximum atomic E-state index is 4.68. The molecule has 1 fully saturated rings. The number of pyridine rings is 1. The van der Waals surface area contributed by atoms with Crippen molar-refractivity contribution in [2.45, 2.75) is 12.8 Å². The maximum Gasteiger partial charge on any atom is 0.223 e. The van der Waals surface area contributed by atoms with Crippen molar-refractivity contribution in [1.29, 1.82) is 0 Å². The van der Waals surface area contributed by atoms with E-state index in [4.69, 9.17) is 0 Å². The number of piperazine rings is 1. The Morgan fingerprint density at radius 3 is 2.77 bits per heavy atom. The van der Waals surface area contributed by atoms with E-state index in [9.17, 15) is 0 Å². The molecule has 0 bridgehead atoms.